The Morgan fingerprint density at radius 3 is 2.33 bits per heavy atom. The van der Waals surface area contributed by atoms with Crippen molar-refractivity contribution in [3.05, 3.63) is 59.7 Å². The third-order valence-electron chi connectivity index (χ3n) is 6.46. The lowest BCUT2D eigenvalue weighted by molar-refractivity contribution is -0.139. The molecule has 0 heterocycles. The summed E-state index contributed by atoms with van der Waals surface area (Å²) in [5.41, 5.74) is 2.23. The van der Waals surface area contributed by atoms with Gasteiger partial charge < -0.3 is 15.0 Å². The molecule has 196 valence electrons. The summed E-state index contributed by atoms with van der Waals surface area (Å²) in [4.78, 5) is 28.3. The molecule has 1 N–H and O–H groups in total. The number of hydrogen-bond donors (Lipinski definition) is 1. The van der Waals surface area contributed by atoms with Crippen LogP contribution in [-0.2, 0) is 26.2 Å². The van der Waals surface area contributed by atoms with Gasteiger partial charge in [0.05, 0.1) is 18.6 Å². The number of amides is 2. The highest BCUT2D eigenvalue weighted by molar-refractivity contribution is 7.92. The standard InChI is InChI=1S/C27H37N3O5S/c1-5-35-25-13-9-8-12-24(25)30(36(4,33)34)19-26(31)29(18-22-16-14-20(2)15-17-22)21(3)27(32)28-23-10-6-7-11-23/h8-9,12-17,21,23H,5-7,10-11,18-19H2,1-4H3,(H,28,32)/t21-/m1/s1. The first-order valence-electron chi connectivity index (χ1n) is 12.4. The van der Waals surface area contributed by atoms with Crippen molar-refractivity contribution >= 4 is 27.5 Å². The SMILES string of the molecule is CCOc1ccccc1N(CC(=O)N(Cc1ccc(C)cc1)[C@H](C)C(=O)NC1CCCC1)S(C)(=O)=O. The smallest absolute Gasteiger partial charge is 0.244 e. The summed E-state index contributed by atoms with van der Waals surface area (Å²) in [6.07, 6.45) is 5.08. The second kappa shape index (κ2) is 12.3. The van der Waals surface area contributed by atoms with Crippen molar-refractivity contribution in [2.24, 2.45) is 0 Å². The van der Waals surface area contributed by atoms with Gasteiger partial charge in [-0.3, -0.25) is 13.9 Å². The number of hydrogen-bond acceptors (Lipinski definition) is 5. The Labute approximate surface area is 214 Å². The quantitative estimate of drug-likeness (QED) is 0.493. The molecule has 8 nitrogen and oxygen atoms in total. The summed E-state index contributed by atoms with van der Waals surface area (Å²) in [6, 6.07) is 13.8. The van der Waals surface area contributed by atoms with Gasteiger partial charge in [-0.15, -0.1) is 0 Å². The number of carbonyl (C=O) groups is 2. The van der Waals surface area contributed by atoms with Crippen LogP contribution >= 0.6 is 0 Å². The molecule has 1 saturated carbocycles. The number of rotatable bonds is 11. The van der Waals surface area contributed by atoms with Crippen LogP contribution in [0.4, 0.5) is 5.69 Å². The normalized spacial score (nSPS) is 14.8. The van der Waals surface area contributed by atoms with Crippen molar-refractivity contribution in [2.45, 2.75) is 65.1 Å². The monoisotopic (exact) mass is 515 g/mol. The van der Waals surface area contributed by atoms with Gasteiger partial charge in [0.15, 0.2) is 0 Å². The highest BCUT2D eigenvalue weighted by Crippen LogP contribution is 2.30. The third kappa shape index (κ3) is 7.22. The zero-order valence-corrected chi connectivity index (χ0v) is 22.4. The third-order valence-corrected chi connectivity index (χ3v) is 7.58. The number of nitrogens with zero attached hydrogens (tertiary/aromatic N) is 2. The maximum atomic E-state index is 13.7. The van der Waals surface area contributed by atoms with Crippen molar-refractivity contribution in [1.82, 2.24) is 10.2 Å². The van der Waals surface area contributed by atoms with Crippen LogP contribution in [0.25, 0.3) is 0 Å². The molecule has 1 aliphatic carbocycles. The highest BCUT2D eigenvalue weighted by atomic mass is 32.2. The van der Waals surface area contributed by atoms with Crippen molar-refractivity contribution in [1.29, 1.82) is 0 Å². The fourth-order valence-electron chi connectivity index (χ4n) is 4.40. The van der Waals surface area contributed by atoms with E-state index in [2.05, 4.69) is 5.32 Å². The van der Waals surface area contributed by atoms with Gasteiger partial charge in [0, 0.05) is 12.6 Å². The zero-order chi connectivity index (χ0) is 26.3. The first kappa shape index (κ1) is 27.5. The summed E-state index contributed by atoms with van der Waals surface area (Å²) < 4.78 is 32.3. The molecule has 1 fully saturated rings. The molecule has 0 unspecified atom stereocenters. The van der Waals surface area contributed by atoms with E-state index in [0.717, 1.165) is 47.4 Å². The number of ether oxygens (including phenoxy) is 1. The first-order valence-corrected chi connectivity index (χ1v) is 14.3. The molecule has 0 aromatic heterocycles. The average Bonchev–Trinajstić information content (AvgIpc) is 3.34. The molecule has 36 heavy (non-hydrogen) atoms. The Kier molecular flexibility index (Phi) is 9.37. The number of aryl methyl sites for hydroxylation is 1. The lowest BCUT2D eigenvalue weighted by Gasteiger charge is -2.32. The predicted molar refractivity (Wildman–Crippen MR) is 141 cm³/mol. The van der Waals surface area contributed by atoms with Crippen LogP contribution in [0.2, 0.25) is 0 Å². The molecular formula is C27H37N3O5S. The Hall–Kier alpha value is -3.07. The molecule has 3 rings (SSSR count). The van der Waals surface area contributed by atoms with Crippen molar-refractivity contribution in [3.63, 3.8) is 0 Å². The lowest BCUT2D eigenvalue weighted by Crippen LogP contribution is -2.52. The molecule has 2 aromatic rings. The molecule has 0 saturated heterocycles. The molecule has 2 amide bonds. The fourth-order valence-corrected chi connectivity index (χ4v) is 5.25. The van der Waals surface area contributed by atoms with Crippen LogP contribution in [0, 0.1) is 6.92 Å². The topological polar surface area (TPSA) is 96.0 Å². The van der Waals surface area contributed by atoms with E-state index in [0.29, 0.717) is 12.4 Å². The van der Waals surface area contributed by atoms with Crippen LogP contribution in [0.5, 0.6) is 5.75 Å². The van der Waals surface area contributed by atoms with E-state index in [1.807, 2.05) is 31.2 Å². The Balaban J connectivity index is 1.90. The van der Waals surface area contributed by atoms with Gasteiger partial charge in [0.1, 0.15) is 18.3 Å². The van der Waals surface area contributed by atoms with Crippen LogP contribution in [-0.4, -0.2) is 56.6 Å². The van der Waals surface area contributed by atoms with E-state index < -0.39 is 28.5 Å². The lowest BCUT2D eigenvalue weighted by atomic mass is 10.1. The maximum absolute atomic E-state index is 13.7. The summed E-state index contributed by atoms with van der Waals surface area (Å²) >= 11 is 0. The minimum atomic E-state index is -3.83. The van der Waals surface area contributed by atoms with Crippen LogP contribution in [0.3, 0.4) is 0 Å². The highest BCUT2D eigenvalue weighted by Gasteiger charge is 2.32. The minimum Gasteiger partial charge on any atom is -0.492 e. The molecule has 1 atom stereocenters. The van der Waals surface area contributed by atoms with E-state index in [1.165, 1.54) is 4.90 Å². The fraction of sp³-hybridized carbons (Fsp3) is 0.481. The molecule has 9 heteroatoms. The second-order valence-corrected chi connectivity index (χ2v) is 11.3. The number of para-hydroxylation sites is 2. The molecular weight excluding hydrogens is 478 g/mol. The number of carbonyl (C=O) groups excluding carboxylic acids is 2. The number of anilines is 1. The first-order chi connectivity index (χ1) is 17.1. The van der Waals surface area contributed by atoms with Gasteiger partial charge in [-0.05, 0) is 51.3 Å². The summed E-state index contributed by atoms with van der Waals surface area (Å²) in [5.74, 6) is -0.334. The molecule has 0 aliphatic heterocycles. The van der Waals surface area contributed by atoms with Crippen LogP contribution in [0.1, 0.15) is 50.7 Å². The van der Waals surface area contributed by atoms with Gasteiger partial charge >= 0.3 is 0 Å². The second-order valence-electron chi connectivity index (χ2n) is 9.34. The van der Waals surface area contributed by atoms with Gasteiger partial charge in [-0.2, -0.15) is 0 Å². The molecule has 0 spiro atoms. The van der Waals surface area contributed by atoms with E-state index in [1.54, 1.807) is 38.1 Å². The van der Waals surface area contributed by atoms with Crippen molar-refractivity contribution in [3.8, 4) is 5.75 Å². The van der Waals surface area contributed by atoms with Crippen molar-refractivity contribution in [2.75, 3.05) is 23.7 Å². The van der Waals surface area contributed by atoms with E-state index in [9.17, 15) is 18.0 Å². The number of nitrogens with one attached hydrogen (secondary N) is 1. The Morgan fingerprint density at radius 1 is 1.08 bits per heavy atom. The zero-order valence-electron chi connectivity index (χ0n) is 21.6. The molecule has 0 bridgehead atoms. The van der Waals surface area contributed by atoms with E-state index >= 15 is 0 Å². The number of sulfonamides is 1. The van der Waals surface area contributed by atoms with Gasteiger partial charge in [0.2, 0.25) is 21.8 Å². The summed E-state index contributed by atoms with van der Waals surface area (Å²) in [5, 5.41) is 3.07. The predicted octanol–water partition coefficient (Wildman–Crippen LogP) is 3.64. The summed E-state index contributed by atoms with van der Waals surface area (Å²) in [7, 11) is -3.83. The molecule has 2 aromatic carbocycles. The maximum Gasteiger partial charge on any atom is 0.244 e. The molecule has 0 radical (unpaired) electrons. The largest absolute Gasteiger partial charge is 0.492 e. The van der Waals surface area contributed by atoms with Gasteiger partial charge in [-0.25, -0.2) is 8.42 Å². The van der Waals surface area contributed by atoms with Gasteiger partial charge in [0.25, 0.3) is 0 Å². The average molecular weight is 516 g/mol. The van der Waals surface area contributed by atoms with E-state index in [-0.39, 0.29) is 24.2 Å². The van der Waals surface area contributed by atoms with Crippen LogP contribution < -0.4 is 14.4 Å². The summed E-state index contributed by atoms with van der Waals surface area (Å²) in [6.45, 7) is 5.56. The minimum absolute atomic E-state index is 0.113. The molecule has 1 aliphatic rings. The number of benzene rings is 2. The van der Waals surface area contributed by atoms with E-state index in [4.69, 9.17) is 4.74 Å². The van der Waals surface area contributed by atoms with Gasteiger partial charge in [-0.1, -0.05) is 54.8 Å². The Morgan fingerprint density at radius 2 is 1.72 bits per heavy atom. The Bertz CT molecular complexity index is 1140. The van der Waals surface area contributed by atoms with Crippen molar-refractivity contribution < 1.29 is 22.7 Å². The van der Waals surface area contributed by atoms with Crippen LogP contribution in [0.15, 0.2) is 48.5 Å².